The summed E-state index contributed by atoms with van der Waals surface area (Å²) in [7, 11) is 1.62. The van der Waals surface area contributed by atoms with Crippen LogP contribution in [0.3, 0.4) is 0 Å². The highest BCUT2D eigenvalue weighted by Gasteiger charge is 2.06. The Bertz CT molecular complexity index is 343. The van der Waals surface area contributed by atoms with Crippen molar-refractivity contribution >= 4 is 11.7 Å². The minimum absolute atomic E-state index is 0.215. The van der Waals surface area contributed by atoms with E-state index in [2.05, 4.69) is 15.7 Å². The smallest absolute Gasteiger partial charge is 0.269 e. The molecule has 0 saturated heterocycles. The van der Waals surface area contributed by atoms with Crippen LogP contribution >= 0.6 is 0 Å². The third kappa shape index (κ3) is 3.84. The van der Waals surface area contributed by atoms with Crippen LogP contribution in [0, 0.1) is 0 Å². The number of aromatic nitrogens is 1. The van der Waals surface area contributed by atoms with Crippen molar-refractivity contribution in [3.63, 3.8) is 0 Å². The van der Waals surface area contributed by atoms with Crippen LogP contribution in [0.4, 0.5) is 5.82 Å². The summed E-state index contributed by atoms with van der Waals surface area (Å²) in [6, 6.07) is 5.03. The summed E-state index contributed by atoms with van der Waals surface area (Å²) in [5.74, 6) is 5.45. The molecule has 1 aromatic heterocycles. The summed E-state index contributed by atoms with van der Waals surface area (Å²) in [6.45, 7) is 1.19. The summed E-state index contributed by atoms with van der Waals surface area (Å²) in [5.41, 5.74) is 2.73. The van der Waals surface area contributed by atoms with Crippen LogP contribution in [0.1, 0.15) is 16.9 Å². The van der Waals surface area contributed by atoms with E-state index in [1.54, 1.807) is 25.3 Å². The minimum Gasteiger partial charge on any atom is -0.385 e. The number of anilines is 1. The first kappa shape index (κ1) is 12.4. The van der Waals surface area contributed by atoms with Crippen LogP contribution in [0.15, 0.2) is 18.2 Å². The number of hydrogen-bond acceptors (Lipinski definition) is 5. The fourth-order valence-corrected chi connectivity index (χ4v) is 1.15. The van der Waals surface area contributed by atoms with Crippen molar-refractivity contribution in [2.45, 2.75) is 6.42 Å². The molecule has 0 aliphatic heterocycles. The van der Waals surface area contributed by atoms with Crippen LogP contribution in [0.25, 0.3) is 0 Å². The number of nitrogens with one attached hydrogen (secondary N) is 2. The second kappa shape index (κ2) is 6.76. The maximum Gasteiger partial charge on any atom is 0.269 e. The number of amides is 1. The van der Waals surface area contributed by atoms with Crippen molar-refractivity contribution in [2.75, 3.05) is 25.7 Å². The Kier molecular flexibility index (Phi) is 5.24. The van der Waals surface area contributed by atoms with Gasteiger partial charge in [-0.25, -0.2) is 10.8 Å². The highest BCUT2D eigenvalue weighted by atomic mass is 16.5. The van der Waals surface area contributed by atoms with E-state index in [9.17, 15) is 4.79 Å². The van der Waals surface area contributed by atoms with Crippen molar-refractivity contribution in [2.24, 2.45) is 5.84 Å². The largest absolute Gasteiger partial charge is 0.385 e. The van der Waals surface area contributed by atoms with Crippen molar-refractivity contribution in [1.29, 1.82) is 0 Å². The van der Waals surface area contributed by atoms with E-state index in [4.69, 9.17) is 10.6 Å². The number of nitrogens with zero attached hydrogens (tertiary/aromatic N) is 1. The van der Waals surface area contributed by atoms with Gasteiger partial charge in [0, 0.05) is 20.3 Å². The second-order valence-corrected chi connectivity index (χ2v) is 3.15. The molecule has 1 amide bonds. The van der Waals surface area contributed by atoms with Gasteiger partial charge < -0.3 is 15.5 Å². The van der Waals surface area contributed by atoms with E-state index in [-0.39, 0.29) is 5.91 Å². The molecular weight excluding hydrogens is 208 g/mol. The molecule has 4 N–H and O–H groups in total. The molecular formula is C10H16N4O2. The number of pyridine rings is 1. The van der Waals surface area contributed by atoms with E-state index in [0.29, 0.717) is 24.7 Å². The Labute approximate surface area is 94.2 Å². The molecule has 0 spiro atoms. The van der Waals surface area contributed by atoms with E-state index in [1.165, 1.54) is 0 Å². The van der Waals surface area contributed by atoms with E-state index in [1.807, 2.05) is 0 Å². The number of carbonyl (C=O) groups excluding carboxylic acids is 1. The highest BCUT2D eigenvalue weighted by molar-refractivity contribution is 5.92. The van der Waals surface area contributed by atoms with Crippen LogP contribution < -0.4 is 16.6 Å². The molecule has 6 heteroatoms. The first-order valence-electron chi connectivity index (χ1n) is 4.98. The third-order valence-corrected chi connectivity index (χ3v) is 1.94. The minimum atomic E-state index is -0.215. The zero-order valence-corrected chi connectivity index (χ0v) is 9.19. The average Bonchev–Trinajstić information content (AvgIpc) is 2.34. The molecule has 0 bridgehead atoms. The van der Waals surface area contributed by atoms with Gasteiger partial charge >= 0.3 is 0 Å². The summed E-state index contributed by atoms with van der Waals surface area (Å²) in [4.78, 5) is 15.6. The van der Waals surface area contributed by atoms with Gasteiger partial charge in [-0.05, 0) is 18.6 Å². The summed E-state index contributed by atoms with van der Waals surface area (Å²) in [6.07, 6.45) is 0.775. The normalized spacial score (nSPS) is 9.88. The van der Waals surface area contributed by atoms with Crippen LogP contribution in [0.5, 0.6) is 0 Å². The average molecular weight is 224 g/mol. The molecule has 0 aliphatic carbocycles. The summed E-state index contributed by atoms with van der Waals surface area (Å²) >= 11 is 0. The number of ether oxygens (including phenoxy) is 1. The van der Waals surface area contributed by atoms with Crippen molar-refractivity contribution < 1.29 is 9.53 Å². The predicted octanol–water partition coefficient (Wildman–Crippen LogP) is 0.134. The number of carbonyl (C=O) groups is 1. The quantitative estimate of drug-likeness (QED) is 0.363. The Morgan fingerprint density at radius 3 is 3.06 bits per heavy atom. The number of hydrogen-bond donors (Lipinski definition) is 3. The van der Waals surface area contributed by atoms with E-state index in [0.717, 1.165) is 6.42 Å². The van der Waals surface area contributed by atoms with Crippen LogP contribution in [-0.2, 0) is 4.74 Å². The molecule has 1 heterocycles. The maximum atomic E-state index is 11.6. The van der Waals surface area contributed by atoms with Gasteiger partial charge in [-0.15, -0.1) is 0 Å². The van der Waals surface area contributed by atoms with Crippen LogP contribution in [0.2, 0.25) is 0 Å². The lowest BCUT2D eigenvalue weighted by atomic mass is 10.3. The molecule has 0 aromatic carbocycles. The lowest BCUT2D eigenvalue weighted by molar-refractivity contribution is 0.0944. The zero-order chi connectivity index (χ0) is 11.8. The van der Waals surface area contributed by atoms with E-state index < -0.39 is 0 Å². The monoisotopic (exact) mass is 224 g/mol. The molecule has 0 unspecified atom stereocenters. The van der Waals surface area contributed by atoms with E-state index >= 15 is 0 Å². The molecule has 88 valence electrons. The Balaban J connectivity index is 2.46. The van der Waals surface area contributed by atoms with Gasteiger partial charge in [-0.1, -0.05) is 6.07 Å². The fraction of sp³-hybridized carbons (Fsp3) is 0.400. The molecule has 0 fully saturated rings. The molecule has 1 aromatic rings. The Hall–Kier alpha value is -1.66. The lowest BCUT2D eigenvalue weighted by Crippen LogP contribution is -2.26. The predicted molar refractivity (Wildman–Crippen MR) is 60.9 cm³/mol. The Morgan fingerprint density at radius 1 is 1.56 bits per heavy atom. The number of rotatable bonds is 6. The fourth-order valence-electron chi connectivity index (χ4n) is 1.15. The summed E-state index contributed by atoms with van der Waals surface area (Å²) < 4.78 is 4.87. The second-order valence-electron chi connectivity index (χ2n) is 3.15. The summed E-state index contributed by atoms with van der Waals surface area (Å²) in [5, 5.41) is 2.74. The van der Waals surface area contributed by atoms with Gasteiger partial charge in [-0.2, -0.15) is 0 Å². The molecule has 0 radical (unpaired) electrons. The molecule has 6 nitrogen and oxygen atoms in total. The molecule has 0 aliphatic rings. The van der Waals surface area contributed by atoms with Gasteiger partial charge in [0.25, 0.3) is 5.91 Å². The number of hydrazine groups is 1. The Morgan fingerprint density at radius 2 is 2.38 bits per heavy atom. The van der Waals surface area contributed by atoms with Crippen LogP contribution in [-0.4, -0.2) is 31.2 Å². The molecule has 0 atom stereocenters. The number of nitrogens with two attached hydrogens (primary N) is 1. The SMILES string of the molecule is COCCCNC(=O)c1cccc(NN)n1. The van der Waals surface area contributed by atoms with Crippen molar-refractivity contribution in [3.05, 3.63) is 23.9 Å². The number of methoxy groups -OCH3 is 1. The van der Waals surface area contributed by atoms with Crippen molar-refractivity contribution in [1.82, 2.24) is 10.3 Å². The maximum absolute atomic E-state index is 11.6. The van der Waals surface area contributed by atoms with Gasteiger partial charge in [0.15, 0.2) is 0 Å². The zero-order valence-electron chi connectivity index (χ0n) is 9.19. The van der Waals surface area contributed by atoms with Gasteiger partial charge in [-0.3, -0.25) is 4.79 Å². The highest BCUT2D eigenvalue weighted by Crippen LogP contribution is 2.02. The first-order valence-corrected chi connectivity index (χ1v) is 4.98. The van der Waals surface area contributed by atoms with Crippen molar-refractivity contribution in [3.8, 4) is 0 Å². The van der Waals surface area contributed by atoms with Gasteiger partial charge in [0.1, 0.15) is 11.5 Å². The standard InChI is InChI=1S/C10H16N4O2/c1-16-7-3-6-12-10(15)8-4-2-5-9(13-8)14-11/h2,4-5H,3,6-7,11H2,1H3,(H,12,15)(H,13,14). The van der Waals surface area contributed by atoms with Gasteiger partial charge in [0.05, 0.1) is 0 Å². The third-order valence-electron chi connectivity index (χ3n) is 1.94. The molecule has 16 heavy (non-hydrogen) atoms. The van der Waals surface area contributed by atoms with Gasteiger partial charge in [0.2, 0.25) is 0 Å². The topological polar surface area (TPSA) is 89.3 Å². The molecule has 0 saturated carbocycles. The molecule has 1 rings (SSSR count). The number of nitrogen functional groups attached to an aromatic ring is 1. The lowest BCUT2D eigenvalue weighted by Gasteiger charge is -2.05. The first-order chi connectivity index (χ1) is 7.77.